The molecular formula is C13H12BrFN2O. The predicted molar refractivity (Wildman–Crippen MR) is 72.3 cm³/mol. The van der Waals surface area contributed by atoms with Crippen molar-refractivity contribution in [2.24, 2.45) is 0 Å². The molecule has 0 aliphatic carbocycles. The maximum atomic E-state index is 12.8. The molecular weight excluding hydrogens is 299 g/mol. The van der Waals surface area contributed by atoms with Gasteiger partial charge in [-0.15, -0.1) is 0 Å². The van der Waals surface area contributed by atoms with Crippen LogP contribution in [-0.2, 0) is 0 Å². The summed E-state index contributed by atoms with van der Waals surface area (Å²) in [5, 5.41) is 2.98. The molecule has 1 N–H and O–H groups in total. The van der Waals surface area contributed by atoms with Crippen LogP contribution < -0.4 is 10.1 Å². The van der Waals surface area contributed by atoms with Gasteiger partial charge in [0.25, 0.3) is 0 Å². The van der Waals surface area contributed by atoms with Crippen LogP contribution in [0.3, 0.4) is 0 Å². The van der Waals surface area contributed by atoms with E-state index < -0.39 is 5.95 Å². The second-order valence-corrected chi connectivity index (χ2v) is 4.49. The molecule has 0 amide bonds. The number of hydrogen-bond acceptors (Lipinski definition) is 3. The third kappa shape index (κ3) is 4.00. The van der Waals surface area contributed by atoms with Gasteiger partial charge in [0.05, 0.1) is 6.54 Å². The van der Waals surface area contributed by atoms with Gasteiger partial charge < -0.3 is 10.1 Å². The average molecular weight is 311 g/mol. The van der Waals surface area contributed by atoms with Crippen molar-refractivity contribution < 1.29 is 9.13 Å². The van der Waals surface area contributed by atoms with Crippen LogP contribution in [0.1, 0.15) is 0 Å². The number of hydrogen-bond donors (Lipinski definition) is 1. The summed E-state index contributed by atoms with van der Waals surface area (Å²) in [7, 11) is 0. The lowest BCUT2D eigenvalue weighted by molar-refractivity contribution is 0.332. The van der Waals surface area contributed by atoms with Gasteiger partial charge in [-0.2, -0.15) is 4.39 Å². The van der Waals surface area contributed by atoms with E-state index in [9.17, 15) is 4.39 Å². The van der Waals surface area contributed by atoms with E-state index >= 15 is 0 Å². The molecule has 2 aromatic rings. The van der Waals surface area contributed by atoms with Gasteiger partial charge in [0, 0.05) is 4.47 Å². The molecule has 1 heterocycles. The van der Waals surface area contributed by atoms with Gasteiger partial charge in [-0.1, -0.05) is 22.0 Å². The number of benzene rings is 1. The second-order valence-electron chi connectivity index (χ2n) is 3.57. The summed E-state index contributed by atoms with van der Waals surface area (Å²) < 4.78 is 19.3. The molecule has 1 aromatic carbocycles. The molecule has 0 bridgehead atoms. The van der Waals surface area contributed by atoms with Crippen molar-refractivity contribution in [3.8, 4) is 5.75 Å². The van der Waals surface area contributed by atoms with Crippen LogP contribution in [0.5, 0.6) is 5.75 Å². The molecule has 0 saturated heterocycles. The van der Waals surface area contributed by atoms with Gasteiger partial charge in [-0.25, -0.2) is 4.98 Å². The molecule has 0 aliphatic rings. The molecule has 2 rings (SSSR count). The highest BCUT2D eigenvalue weighted by Crippen LogP contribution is 2.15. The minimum Gasteiger partial charge on any atom is -0.492 e. The summed E-state index contributed by atoms with van der Waals surface area (Å²) in [5.74, 6) is 0.815. The highest BCUT2D eigenvalue weighted by Gasteiger charge is 1.96. The molecule has 94 valence electrons. The molecule has 0 fully saturated rings. The molecule has 0 saturated carbocycles. The van der Waals surface area contributed by atoms with Crippen molar-refractivity contribution in [2.45, 2.75) is 0 Å². The van der Waals surface area contributed by atoms with Crippen molar-refractivity contribution in [1.82, 2.24) is 4.98 Å². The number of aromatic nitrogens is 1. The Morgan fingerprint density at radius 2 is 1.94 bits per heavy atom. The largest absolute Gasteiger partial charge is 0.492 e. The van der Waals surface area contributed by atoms with Crippen LogP contribution in [-0.4, -0.2) is 18.1 Å². The summed E-state index contributed by atoms with van der Waals surface area (Å²) in [5.41, 5.74) is 0. The van der Waals surface area contributed by atoms with Crippen LogP contribution in [0.25, 0.3) is 0 Å². The fourth-order valence-corrected chi connectivity index (χ4v) is 1.65. The van der Waals surface area contributed by atoms with Crippen molar-refractivity contribution >= 4 is 21.7 Å². The van der Waals surface area contributed by atoms with Gasteiger partial charge in [-0.3, -0.25) is 0 Å². The number of nitrogens with zero attached hydrogens (tertiary/aromatic N) is 1. The lowest BCUT2D eigenvalue weighted by Gasteiger charge is -2.08. The summed E-state index contributed by atoms with van der Waals surface area (Å²) in [4.78, 5) is 3.69. The third-order valence-corrected chi connectivity index (χ3v) is 2.73. The Morgan fingerprint density at radius 1 is 1.17 bits per heavy atom. The van der Waals surface area contributed by atoms with Crippen LogP contribution in [0.15, 0.2) is 46.9 Å². The maximum absolute atomic E-state index is 12.8. The SMILES string of the molecule is Fc1cccc(NCCOc2ccc(Br)cc2)n1. The zero-order valence-electron chi connectivity index (χ0n) is 9.57. The standard InChI is InChI=1S/C13H12BrFN2O/c14-10-4-6-11(7-5-10)18-9-8-16-13-3-1-2-12(15)17-13/h1-7H,8-9H2,(H,16,17). The smallest absolute Gasteiger partial charge is 0.214 e. The average Bonchev–Trinajstić information content (AvgIpc) is 2.37. The van der Waals surface area contributed by atoms with E-state index in [0.29, 0.717) is 19.0 Å². The number of halogens is 2. The second kappa shape index (κ2) is 6.35. The summed E-state index contributed by atoms with van der Waals surface area (Å²) >= 11 is 3.35. The number of nitrogens with one attached hydrogen (secondary N) is 1. The summed E-state index contributed by atoms with van der Waals surface area (Å²) in [6.45, 7) is 1.05. The zero-order valence-corrected chi connectivity index (χ0v) is 11.2. The van der Waals surface area contributed by atoms with Crippen molar-refractivity contribution in [2.75, 3.05) is 18.5 Å². The van der Waals surface area contributed by atoms with E-state index in [1.807, 2.05) is 24.3 Å². The van der Waals surface area contributed by atoms with Crippen LogP contribution in [0, 0.1) is 5.95 Å². The molecule has 3 nitrogen and oxygen atoms in total. The van der Waals surface area contributed by atoms with Gasteiger partial charge in [0.2, 0.25) is 5.95 Å². The van der Waals surface area contributed by atoms with Gasteiger partial charge >= 0.3 is 0 Å². The topological polar surface area (TPSA) is 34.1 Å². The lowest BCUT2D eigenvalue weighted by atomic mass is 10.3. The monoisotopic (exact) mass is 310 g/mol. The van der Waals surface area contributed by atoms with E-state index in [0.717, 1.165) is 10.2 Å². The molecule has 0 unspecified atom stereocenters. The van der Waals surface area contributed by atoms with Crippen molar-refractivity contribution in [1.29, 1.82) is 0 Å². The van der Waals surface area contributed by atoms with Crippen LogP contribution >= 0.6 is 15.9 Å². The maximum Gasteiger partial charge on any atom is 0.214 e. The minimum absolute atomic E-state index is 0.486. The Kier molecular flexibility index (Phi) is 4.52. The molecule has 0 atom stereocenters. The van der Waals surface area contributed by atoms with Crippen LogP contribution in [0.2, 0.25) is 0 Å². The first-order chi connectivity index (χ1) is 8.74. The first-order valence-corrected chi connectivity index (χ1v) is 6.28. The quantitative estimate of drug-likeness (QED) is 0.678. The number of rotatable bonds is 5. The molecule has 5 heteroatoms. The van der Waals surface area contributed by atoms with Gasteiger partial charge in [-0.05, 0) is 36.4 Å². The Bertz CT molecular complexity index is 505. The van der Waals surface area contributed by atoms with Crippen molar-refractivity contribution in [3.05, 3.63) is 52.9 Å². The summed E-state index contributed by atoms with van der Waals surface area (Å²) in [6, 6.07) is 12.2. The summed E-state index contributed by atoms with van der Waals surface area (Å²) in [6.07, 6.45) is 0. The van der Waals surface area contributed by atoms with E-state index in [-0.39, 0.29) is 0 Å². The highest BCUT2D eigenvalue weighted by molar-refractivity contribution is 9.10. The predicted octanol–water partition coefficient (Wildman–Crippen LogP) is 3.47. The minimum atomic E-state index is -0.492. The van der Waals surface area contributed by atoms with Gasteiger partial charge in [0.1, 0.15) is 18.2 Å². The third-order valence-electron chi connectivity index (χ3n) is 2.21. The van der Waals surface area contributed by atoms with Crippen LogP contribution in [0.4, 0.5) is 10.2 Å². The normalized spacial score (nSPS) is 10.1. The molecule has 0 aliphatic heterocycles. The highest BCUT2D eigenvalue weighted by atomic mass is 79.9. The van der Waals surface area contributed by atoms with E-state index in [1.54, 1.807) is 12.1 Å². The fourth-order valence-electron chi connectivity index (χ4n) is 1.39. The number of anilines is 1. The Morgan fingerprint density at radius 3 is 2.67 bits per heavy atom. The Labute approximate surface area is 113 Å². The van der Waals surface area contributed by atoms with Gasteiger partial charge in [0.15, 0.2) is 0 Å². The molecule has 0 spiro atoms. The number of ether oxygens (including phenoxy) is 1. The van der Waals surface area contributed by atoms with Crippen molar-refractivity contribution in [3.63, 3.8) is 0 Å². The molecule has 18 heavy (non-hydrogen) atoms. The number of pyridine rings is 1. The lowest BCUT2D eigenvalue weighted by Crippen LogP contribution is -2.12. The molecule has 0 radical (unpaired) electrons. The Hall–Kier alpha value is -1.62. The zero-order chi connectivity index (χ0) is 12.8. The first-order valence-electron chi connectivity index (χ1n) is 5.49. The first kappa shape index (κ1) is 12.8. The fraction of sp³-hybridized carbons (Fsp3) is 0.154. The van der Waals surface area contributed by atoms with E-state index in [1.165, 1.54) is 6.07 Å². The molecule has 1 aromatic heterocycles. The van der Waals surface area contributed by atoms with E-state index in [2.05, 4.69) is 26.2 Å². The Balaban J connectivity index is 1.74. The van der Waals surface area contributed by atoms with E-state index in [4.69, 9.17) is 4.74 Å².